The average molecular weight is 446 g/mol. The molecule has 0 aliphatic heterocycles. The molecule has 1 N–H and O–H groups in total. The first-order chi connectivity index (χ1) is 14.8. The van der Waals surface area contributed by atoms with E-state index in [9.17, 15) is 9.59 Å². The van der Waals surface area contributed by atoms with E-state index in [1.165, 1.54) is 25.6 Å². The molecule has 0 aromatic heterocycles. The van der Waals surface area contributed by atoms with Crippen LogP contribution in [-0.2, 0) is 16.0 Å². The molecule has 168 valence electrons. The lowest BCUT2D eigenvalue weighted by Crippen LogP contribution is -2.34. The largest absolute Gasteiger partial charge is 0.492 e. The number of hydrogen-bond acceptors (Lipinski definition) is 6. The van der Waals surface area contributed by atoms with Crippen LogP contribution in [0, 0.1) is 0 Å². The number of fused-ring (bicyclic) bond motifs is 1. The first-order valence-corrected chi connectivity index (χ1v) is 11.4. The van der Waals surface area contributed by atoms with Gasteiger partial charge >= 0.3 is 0 Å². The second-order valence-corrected chi connectivity index (χ2v) is 7.95. The molecular weight excluding hydrogens is 414 g/mol. The maximum Gasteiger partial charge on any atom is 0.217 e. The number of hydrogen-bond donors (Lipinski definition) is 1. The molecule has 7 heteroatoms. The molecule has 0 spiro atoms. The Bertz CT molecular complexity index is 932. The highest BCUT2D eigenvalue weighted by atomic mass is 32.2. The standard InChI is InChI=1S/C24H31NO5S/c1-8-30-20-13-17-9-11-19(25-16(4)27)14(2)18(10-12-21(31-7)15(3)26)22(17)24(29-6)23(20)28-5/h10,12-13,19H,2,8-9,11H2,1,3-7H3,(H,25,27). The minimum atomic E-state index is -0.245. The molecule has 1 aliphatic carbocycles. The number of ketones is 1. The zero-order valence-electron chi connectivity index (χ0n) is 19.1. The number of rotatable bonds is 8. The molecular formula is C24H31NO5S. The van der Waals surface area contributed by atoms with Crippen molar-refractivity contribution in [3.8, 4) is 17.2 Å². The van der Waals surface area contributed by atoms with Crippen molar-refractivity contribution in [2.75, 3.05) is 27.1 Å². The number of thioether (sulfide) groups is 1. The molecule has 0 fully saturated rings. The molecule has 1 aliphatic rings. The summed E-state index contributed by atoms with van der Waals surface area (Å²) in [6.45, 7) is 9.72. The van der Waals surface area contributed by atoms with E-state index in [0.717, 1.165) is 22.3 Å². The number of carbonyl (C=O) groups excluding carboxylic acids is 2. The second kappa shape index (κ2) is 11.1. The molecule has 1 aromatic carbocycles. The molecule has 0 radical (unpaired) electrons. The van der Waals surface area contributed by atoms with Crippen LogP contribution in [-0.4, -0.2) is 44.8 Å². The lowest BCUT2D eigenvalue weighted by Gasteiger charge is -2.22. The maximum atomic E-state index is 11.9. The number of ether oxygens (including phenoxy) is 3. The summed E-state index contributed by atoms with van der Waals surface area (Å²) in [5.74, 6) is 1.51. The summed E-state index contributed by atoms with van der Waals surface area (Å²) in [6, 6.07) is 1.72. The highest BCUT2D eigenvalue weighted by Crippen LogP contribution is 2.48. The van der Waals surface area contributed by atoms with E-state index < -0.39 is 0 Å². The Morgan fingerprint density at radius 3 is 2.45 bits per heavy atom. The van der Waals surface area contributed by atoms with Crippen LogP contribution in [0.5, 0.6) is 17.2 Å². The van der Waals surface area contributed by atoms with E-state index in [-0.39, 0.29) is 17.7 Å². The van der Waals surface area contributed by atoms with Gasteiger partial charge < -0.3 is 19.5 Å². The summed E-state index contributed by atoms with van der Waals surface area (Å²) in [5, 5.41) is 2.99. The Labute approximate surface area is 188 Å². The highest BCUT2D eigenvalue weighted by molar-refractivity contribution is 8.03. The average Bonchev–Trinajstić information content (AvgIpc) is 2.84. The molecule has 1 atom stereocenters. The second-order valence-electron chi connectivity index (χ2n) is 7.10. The van der Waals surface area contributed by atoms with Crippen LogP contribution < -0.4 is 19.5 Å². The van der Waals surface area contributed by atoms with Crippen molar-refractivity contribution in [2.45, 2.75) is 39.7 Å². The highest BCUT2D eigenvalue weighted by Gasteiger charge is 2.30. The normalized spacial score (nSPS) is 17.6. The van der Waals surface area contributed by atoms with Crippen molar-refractivity contribution >= 4 is 29.0 Å². The third-order valence-electron chi connectivity index (χ3n) is 5.08. The van der Waals surface area contributed by atoms with Gasteiger partial charge in [-0.05, 0) is 61.8 Å². The van der Waals surface area contributed by atoms with Crippen molar-refractivity contribution in [2.24, 2.45) is 0 Å². The van der Waals surface area contributed by atoms with E-state index in [1.807, 2.05) is 25.3 Å². The number of allylic oxidation sites excluding steroid dienone is 3. The van der Waals surface area contributed by atoms with Crippen LogP contribution in [0.15, 0.2) is 35.3 Å². The number of Topliss-reactive ketones (excluding diaryl/α,β-unsaturated/α-hetero) is 1. The number of benzene rings is 1. The molecule has 1 unspecified atom stereocenters. The summed E-state index contributed by atoms with van der Waals surface area (Å²) < 4.78 is 17.2. The molecule has 0 bridgehead atoms. The van der Waals surface area contributed by atoms with E-state index in [2.05, 4.69) is 11.9 Å². The predicted molar refractivity (Wildman–Crippen MR) is 126 cm³/mol. The van der Waals surface area contributed by atoms with Gasteiger partial charge in [0.1, 0.15) is 0 Å². The van der Waals surface area contributed by atoms with Crippen molar-refractivity contribution in [3.63, 3.8) is 0 Å². The molecule has 1 aromatic rings. The lowest BCUT2D eigenvalue weighted by atomic mass is 9.92. The monoisotopic (exact) mass is 445 g/mol. The van der Waals surface area contributed by atoms with E-state index in [1.54, 1.807) is 20.3 Å². The summed E-state index contributed by atoms with van der Waals surface area (Å²) in [4.78, 5) is 24.4. The van der Waals surface area contributed by atoms with Gasteiger partial charge in [-0.15, -0.1) is 11.8 Å². The quantitative estimate of drug-likeness (QED) is 0.474. The number of aryl methyl sites for hydroxylation is 1. The Morgan fingerprint density at radius 1 is 1.26 bits per heavy atom. The Morgan fingerprint density at radius 2 is 1.94 bits per heavy atom. The topological polar surface area (TPSA) is 73.9 Å². The Hall–Kier alpha value is -2.67. The lowest BCUT2D eigenvalue weighted by molar-refractivity contribution is -0.119. The van der Waals surface area contributed by atoms with Gasteiger partial charge in [-0.3, -0.25) is 9.59 Å². The van der Waals surface area contributed by atoms with Crippen LogP contribution in [0.4, 0.5) is 0 Å². The smallest absolute Gasteiger partial charge is 0.217 e. The molecule has 2 rings (SSSR count). The molecule has 31 heavy (non-hydrogen) atoms. The van der Waals surface area contributed by atoms with Gasteiger partial charge in [0.15, 0.2) is 17.3 Å². The van der Waals surface area contributed by atoms with Crippen LogP contribution in [0.3, 0.4) is 0 Å². The van der Waals surface area contributed by atoms with Gasteiger partial charge in [-0.2, -0.15) is 0 Å². The van der Waals surface area contributed by atoms with Crippen molar-refractivity contribution in [1.82, 2.24) is 5.32 Å². The van der Waals surface area contributed by atoms with Crippen molar-refractivity contribution < 1.29 is 23.8 Å². The first-order valence-electron chi connectivity index (χ1n) is 10.1. The SMILES string of the molecule is C=C1C(=CC=C(SC)C(C)=O)c2c(cc(OCC)c(OC)c2OC)CCC1NC(C)=O. The van der Waals surface area contributed by atoms with Gasteiger partial charge in [0.2, 0.25) is 11.7 Å². The van der Waals surface area contributed by atoms with E-state index in [4.69, 9.17) is 14.2 Å². The molecule has 6 nitrogen and oxygen atoms in total. The molecule has 0 saturated carbocycles. The zero-order chi connectivity index (χ0) is 23.1. The fourth-order valence-corrected chi connectivity index (χ4v) is 4.21. The van der Waals surface area contributed by atoms with Crippen molar-refractivity contribution in [3.05, 3.63) is 46.4 Å². The number of carbonyl (C=O) groups is 2. The minimum Gasteiger partial charge on any atom is -0.492 e. The van der Waals surface area contributed by atoms with Gasteiger partial charge in [-0.1, -0.05) is 12.7 Å². The van der Waals surface area contributed by atoms with Crippen molar-refractivity contribution in [1.29, 1.82) is 0 Å². The fraction of sp³-hybridized carbons (Fsp3) is 0.417. The van der Waals surface area contributed by atoms with Crippen LogP contribution in [0.25, 0.3) is 5.57 Å². The molecule has 0 saturated heterocycles. The Balaban J connectivity index is 2.82. The van der Waals surface area contributed by atoms with E-state index >= 15 is 0 Å². The summed E-state index contributed by atoms with van der Waals surface area (Å²) in [7, 11) is 3.16. The number of nitrogens with one attached hydrogen (secondary N) is 1. The van der Waals surface area contributed by atoms with Crippen LogP contribution in [0.1, 0.15) is 38.3 Å². The minimum absolute atomic E-state index is 0.0153. The summed E-state index contributed by atoms with van der Waals surface area (Å²) in [5.41, 5.74) is 3.38. The zero-order valence-corrected chi connectivity index (χ0v) is 19.9. The third-order valence-corrected chi connectivity index (χ3v) is 5.94. The molecule has 0 heterocycles. The summed E-state index contributed by atoms with van der Waals surface area (Å²) in [6.07, 6.45) is 6.88. The first kappa shape index (κ1) is 24.6. The third kappa shape index (κ3) is 5.53. The van der Waals surface area contributed by atoms with Gasteiger partial charge in [0.05, 0.1) is 26.9 Å². The number of methoxy groups -OCH3 is 2. The Kier molecular flexibility index (Phi) is 8.80. The predicted octanol–water partition coefficient (Wildman–Crippen LogP) is 4.33. The summed E-state index contributed by atoms with van der Waals surface area (Å²) >= 11 is 1.38. The maximum absolute atomic E-state index is 11.9. The fourth-order valence-electron chi connectivity index (χ4n) is 3.72. The van der Waals surface area contributed by atoms with Gasteiger partial charge in [-0.25, -0.2) is 0 Å². The van der Waals surface area contributed by atoms with E-state index in [0.29, 0.717) is 41.6 Å². The van der Waals surface area contributed by atoms with Gasteiger partial charge in [0.25, 0.3) is 0 Å². The van der Waals surface area contributed by atoms with Crippen LogP contribution in [0.2, 0.25) is 0 Å². The van der Waals surface area contributed by atoms with Gasteiger partial charge in [0, 0.05) is 17.4 Å². The number of amides is 1. The molecule has 1 amide bonds. The van der Waals surface area contributed by atoms with Crippen LogP contribution >= 0.6 is 11.8 Å².